The molecule has 0 fully saturated rings. The van der Waals surface area contributed by atoms with Gasteiger partial charge < -0.3 is 9.84 Å². The van der Waals surface area contributed by atoms with Gasteiger partial charge in [-0.05, 0) is 25.5 Å². The second-order valence-electron chi connectivity index (χ2n) is 5.41. The van der Waals surface area contributed by atoms with E-state index in [0.29, 0.717) is 5.69 Å². The second kappa shape index (κ2) is 8.06. The van der Waals surface area contributed by atoms with Crippen molar-refractivity contribution in [1.82, 2.24) is 4.98 Å². The summed E-state index contributed by atoms with van der Waals surface area (Å²) in [6, 6.07) is 10.7. The van der Waals surface area contributed by atoms with Crippen LogP contribution in [0.25, 0.3) is 11.3 Å². The van der Waals surface area contributed by atoms with E-state index in [4.69, 9.17) is 4.74 Å². The lowest BCUT2D eigenvalue weighted by Crippen LogP contribution is -2.10. The molecule has 6 nitrogen and oxygen atoms in total. The fourth-order valence-corrected chi connectivity index (χ4v) is 2.38. The number of aromatic hydroxyl groups is 1. The van der Waals surface area contributed by atoms with Crippen LogP contribution < -0.4 is 0 Å². The van der Waals surface area contributed by atoms with Crippen molar-refractivity contribution in [2.45, 2.75) is 26.7 Å². The van der Waals surface area contributed by atoms with Gasteiger partial charge in [-0.15, -0.1) is 0 Å². The van der Waals surface area contributed by atoms with Crippen molar-refractivity contribution in [1.29, 1.82) is 5.26 Å². The molecule has 1 aromatic carbocycles. The van der Waals surface area contributed by atoms with Gasteiger partial charge in [-0.2, -0.15) is 5.26 Å². The summed E-state index contributed by atoms with van der Waals surface area (Å²) in [5.41, 5.74) is 1.87. The van der Waals surface area contributed by atoms with Gasteiger partial charge in [0.15, 0.2) is 11.5 Å². The van der Waals surface area contributed by atoms with Crippen LogP contribution in [0, 0.1) is 18.3 Å². The second-order valence-corrected chi connectivity index (χ2v) is 5.41. The number of carbonyl (C=O) groups excluding carboxylic acids is 2. The van der Waals surface area contributed by atoms with Crippen LogP contribution in [0.15, 0.2) is 30.3 Å². The van der Waals surface area contributed by atoms with Gasteiger partial charge in [0.1, 0.15) is 11.8 Å². The molecule has 128 valence electrons. The number of nitrogens with zero attached hydrogens (tertiary/aromatic N) is 2. The summed E-state index contributed by atoms with van der Waals surface area (Å²) >= 11 is 0. The van der Waals surface area contributed by atoms with Gasteiger partial charge in [0.05, 0.1) is 24.3 Å². The molecule has 0 saturated heterocycles. The number of hydrogen-bond acceptors (Lipinski definition) is 6. The van der Waals surface area contributed by atoms with Gasteiger partial charge in [0, 0.05) is 12.0 Å². The van der Waals surface area contributed by atoms with Crippen molar-refractivity contribution >= 4 is 11.8 Å². The molecule has 0 aliphatic carbocycles. The number of Topliss-reactive ketones (excluding diaryl/α,β-unsaturated/α-hetero) is 1. The monoisotopic (exact) mass is 338 g/mol. The summed E-state index contributed by atoms with van der Waals surface area (Å²) in [5.74, 6) is -1.47. The standard InChI is InChI=1S/C19H18N2O4/c1-3-25-17(23)9-8-16(22)18-19(24)13(11-20)10-15(21-18)14-7-5-4-6-12(14)2/h4-7,10,24H,3,8-9H2,1-2H3. The number of rotatable bonds is 6. The smallest absolute Gasteiger partial charge is 0.306 e. The quantitative estimate of drug-likeness (QED) is 0.641. The Morgan fingerprint density at radius 3 is 2.64 bits per heavy atom. The number of aryl methyl sites for hydroxylation is 1. The number of aromatic nitrogens is 1. The summed E-state index contributed by atoms with van der Waals surface area (Å²) < 4.78 is 4.79. The minimum atomic E-state index is -0.516. The fourth-order valence-electron chi connectivity index (χ4n) is 2.38. The van der Waals surface area contributed by atoms with E-state index in [1.807, 2.05) is 37.3 Å². The molecular formula is C19H18N2O4. The van der Waals surface area contributed by atoms with Crippen LogP contribution in [0.5, 0.6) is 5.75 Å². The first kappa shape index (κ1) is 18.1. The average molecular weight is 338 g/mol. The zero-order valence-corrected chi connectivity index (χ0v) is 14.1. The highest BCUT2D eigenvalue weighted by Crippen LogP contribution is 2.29. The van der Waals surface area contributed by atoms with E-state index < -0.39 is 17.5 Å². The highest BCUT2D eigenvalue weighted by Gasteiger charge is 2.20. The minimum absolute atomic E-state index is 0.0345. The number of hydrogen-bond donors (Lipinski definition) is 1. The zero-order valence-electron chi connectivity index (χ0n) is 14.1. The Kier molecular flexibility index (Phi) is 5.85. The summed E-state index contributed by atoms with van der Waals surface area (Å²) in [5, 5.41) is 19.4. The molecule has 25 heavy (non-hydrogen) atoms. The average Bonchev–Trinajstić information content (AvgIpc) is 2.60. The summed E-state index contributed by atoms with van der Waals surface area (Å²) in [6.45, 7) is 3.80. The van der Waals surface area contributed by atoms with E-state index in [9.17, 15) is 20.0 Å². The van der Waals surface area contributed by atoms with Crippen LogP contribution in [-0.2, 0) is 9.53 Å². The maximum Gasteiger partial charge on any atom is 0.306 e. The molecule has 1 heterocycles. The molecule has 1 N–H and O–H groups in total. The minimum Gasteiger partial charge on any atom is -0.504 e. The number of benzene rings is 1. The first-order valence-electron chi connectivity index (χ1n) is 7.86. The highest BCUT2D eigenvalue weighted by atomic mass is 16.5. The zero-order chi connectivity index (χ0) is 18.4. The number of nitriles is 1. The largest absolute Gasteiger partial charge is 0.504 e. The molecule has 0 unspecified atom stereocenters. The van der Waals surface area contributed by atoms with Crippen molar-refractivity contribution in [2.24, 2.45) is 0 Å². The lowest BCUT2D eigenvalue weighted by atomic mass is 10.0. The van der Waals surface area contributed by atoms with E-state index in [0.717, 1.165) is 11.1 Å². The molecule has 0 bridgehead atoms. The lowest BCUT2D eigenvalue weighted by Gasteiger charge is -2.10. The number of ketones is 1. The Bertz CT molecular complexity index is 853. The van der Waals surface area contributed by atoms with Crippen LogP contribution in [0.3, 0.4) is 0 Å². The predicted octanol–water partition coefficient (Wildman–Crippen LogP) is 3.16. The van der Waals surface area contributed by atoms with E-state index in [1.54, 1.807) is 6.92 Å². The number of pyridine rings is 1. The molecular weight excluding hydrogens is 320 g/mol. The van der Waals surface area contributed by atoms with Crippen molar-refractivity contribution < 1.29 is 19.4 Å². The van der Waals surface area contributed by atoms with Gasteiger partial charge in [-0.25, -0.2) is 4.98 Å². The van der Waals surface area contributed by atoms with Gasteiger partial charge in [0.2, 0.25) is 0 Å². The summed E-state index contributed by atoms with van der Waals surface area (Å²) in [4.78, 5) is 28.0. The Labute approximate surface area is 145 Å². The molecule has 0 aliphatic heterocycles. The predicted molar refractivity (Wildman–Crippen MR) is 91.0 cm³/mol. The van der Waals surface area contributed by atoms with Gasteiger partial charge in [-0.3, -0.25) is 9.59 Å². The van der Waals surface area contributed by atoms with E-state index in [1.165, 1.54) is 6.07 Å². The Balaban J connectivity index is 2.39. The van der Waals surface area contributed by atoms with Crippen LogP contribution in [0.1, 0.15) is 41.4 Å². The Hall–Kier alpha value is -3.20. The van der Waals surface area contributed by atoms with Crippen LogP contribution in [0.4, 0.5) is 0 Å². The topological polar surface area (TPSA) is 100 Å². The normalized spacial score (nSPS) is 10.1. The first-order chi connectivity index (χ1) is 12.0. The summed E-state index contributed by atoms with van der Waals surface area (Å²) in [6.07, 6.45) is -0.258. The first-order valence-corrected chi connectivity index (χ1v) is 7.86. The molecule has 0 spiro atoms. The lowest BCUT2D eigenvalue weighted by molar-refractivity contribution is -0.143. The van der Waals surface area contributed by atoms with E-state index in [-0.39, 0.29) is 30.7 Å². The van der Waals surface area contributed by atoms with Crippen molar-refractivity contribution in [3.8, 4) is 23.1 Å². The van der Waals surface area contributed by atoms with Gasteiger partial charge in [-0.1, -0.05) is 24.3 Å². The van der Waals surface area contributed by atoms with Gasteiger partial charge in [0.25, 0.3) is 0 Å². The third-order valence-corrected chi connectivity index (χ3v) is 3.66. The molecule has 6 heteroatoms. The Morgan fingerprint density at radius 1 is 1.28 bits per heavy atom. The third-order valence-electron chi connectivity index (χ3n) is 3.66. The highest BCUT2D eigenvalue weighted by molar-refractivity contribution is 5.99. The van der Waals surface area contributed by atoms with E-state index >= 15 is 0 Å². The molecule has 1 aromatic heterocycles. The van der Waals surface area contributed by atoms with Gasteiger partial charge >= 0.3 is 5.97 Å². The SMILES string of the molecule is CCOC(=O)CCC(=O)c1nc(-c2ccccc2C)cc(C#N)c1O. The van der Waals surface area contributed by atoms with Crippen molar-refractivity contribution in [3.63, 3.8) is 0 Å². The molecule has 0 amide bonds. The third kappa shape index (κ3) is 4.21. The number of esters is 1. The maximum atomic E-state index is 12.4. The van der Waals surface area contributed by atoms with Crippen LogP contribution in [0.2, 0.25) is 0 Å². The number of carbonyl (C=O) groups is 2. The van der Waals surface area contributed by atoms with E-state index in [2.05, 4.69) is 4.98 Å². The molecule has 0 aliphatic rings. The maximum absolute atomic E-state index is 12.4. The fraction of sp³-hybridized carbons (Fsp3) is 0.263. The molecule has 0 radical (unpaired) electrons. The molecule has 2 rings (SSSR count). The molecule has 0 atom stereocenters. The van der Waals surface area contributed by atoms with Crippen LogP contribution >= 0.6 is 0 Å². The number of ether oxygens (including phenoxy) is 1. The van der Waals surface area contributed by atoms with Crippen molar-refractivity contribution in [3.05, 3.63) is 47.2 Å². The Morgan fingerprint density at radius 2 is 2.00 bits per heavy atom. The summed E-state index contributed by atoms with van der Waals surface area (Å²) in [7, 11) is 0. The molecule has 0 saturated carbocycles. The van der Waals surface area contributed by atoms with Crippen LogP contribution in [-0.4, -0.2) is 28.4 Å². The molecule has 2 aromatic rings. The van der Waals surface area contributed by atoms with Crippen molar-refractivity contribution in [2.75, 3.05) is 6.61 Å².